The zero-order valence-electron chi connectivity index (χ0n) is 15.9. The highest BCUT2D eigenvalue weighted by Crippen LogP contribution is 2.21. The SMILES string of the molecule is CN=C(NCCc1c[nH]c2ccccc12)NCCN(C)C1CCCC1.I. The van der Waals surface area contributed by atoms with Gasteiger partial charge in [-0.2, -0.15) is 0 Å². The van der Waals surface area contributed by atoms with Crippen LogP contribution in [0.3, 0.4) is 0 Å². The van der Waals surface area contributed by atoms with Gasteiger partial charge in [-0.25, -0.2) is 0 Å². The highest BCUT2D eigenvalue weighted by molar-refractivity contribution is 14.0. The molecule has 144 valence electrons. The van der Waals surface area contributed by atoms with Gasteiger partial charge >= 0.3 is 0 Å². The van der Waals surface area contributed by atoms with E-state index in [4.69, 9.17) is 0 Å². The van der Waals surface area contributed by atoms with E-state index in [1.807, 2.05) is 7.05 Å². The third kappa shape index (κ3) is 5.61. The zero-order chi connectivity index (χ0) is 17.5. The largest absolute Gasteiger partial charge is 0.361 e. The minimum Gasteiger partial charge on any atom is -0.361 e. The van der Waals surface area contributed by atoms with Crippen molar-refractivity contribution in [2.75, 3.05) is 33.7 Å². The minimum absolute atomic E-state index is 0. The Bertz CT molecular complexity index is 690. The maximum Gasteiger partial charge on any atom is 0.191 e. The van der Waals surface area contributed by atoms with Crippen LogP contribution in [0.25, 0.3) is 10.9 Å². The number of para-hydroxylation sites is 1. The van der Waals surface area contributed by atoms with Gasteiger partial charge in [0.2, 0.25) is 0 Å². The third-order valence-electron chi connectivity index (χ3n) is 5.29. The molecule has 1 heterocycles. The molecule has 0 bridgehead atoms. The Morgan fingerprint density at radius 3 is 2.69 bits per heavy atom. The topological polar surface area (TPSA) is 55.5 Å². The molecule has 1 aliphatic carbocycles. The van der Waals surface area contributed by atoms with Crippen LogP contribution in [0.15, 0.2) is 35.5 Å². The number of nitrogens with one attached hydrogen (secondary N) is 3. The molecule has 3 N–H and O–H groups in total. The van der Waals surface area contributed by atoms with E-state index in [0.717, 1.165) is 38.1 Å². The fraction of sp³-hybridized carbons (Fsp3) is 0.550. The number of fused-ring (bicyclic) bond motifs is 1. The monoisotopic (exact) mass is 469 g/mol. The number of aromatic amines is 1. The number of H-pyrrole nitrogens is 1. The summed E-state index contributed by atoms with van der Waals surface area (Å²) < 4.78 is 0. The second kappa shape index (κ2) is 10.8. The van der Waals surface area contributed by atoms with Crippen LogP contribution >= 0.6 is 24.0 Å². The van der Waals surface area contributed by atoms with E-state index in [-0.39, 0.29) is 24.0 Å². The number of likely N-dealkylation sites (N-methyl/N-ethyl adjacent to an activating group) is 1. The van der Waals surface area contributed by atoms with Gasteiger partial charge in [-0.3, -0.25) is 4.99 Å². The van der Waals surface area contributed by atoms with Crippen LogP contribution in [0.4, 0.5) is 0 Å². The van der Waals surface area contributed by atoms with Gasteiger partial charge in [0.05, 0.1) is 0 Å². The molecule has 0 radical (unpaired) electrons. The molecule has 26 heavy (non-hydrogen) atoms. The van der Waals surface area contributed by atoms with E-state index in [9.17, 15) is 0 Å². The summed E-state index contributed by atoms with van der Waals surface area (Å²) in [7, 11) is 4.08. The van der Waals surface area contributed by atoms with Crippen molar-refractivity contribution in [1.29, 1.82) is 0 Å². The Labute approximate surface area is 174 Å². The molecule has 1 saturated carbocycles. The molecule has 2 aromatic rings. The van der Waals surface area contributed by atoms with Crippen LogP contribution < -0.4 is 10.6 Å². The molecule has 0 saturated heterocycles. The highest BCUT2D eigenvalue weighted by atomic mass is 127. The minimum atomic E-state index is 0. The summed E-state index contributed by atoms with van der Waals surface area (Å²) in [6.07, 6.45) is 8.58. The number of aromatic nitrogens is 1. The Morgan fingerprint density at radius 1 is 1.19 bits per heavy atom. The first-order chi connectivity index (χ1) is 12.3. The maximum atomic E-state index is 4.33. The number of aliphatic imine (C=N–C) groups is 1. The van der Waals surface area contributed by atoms with Crippen molar-refractivity contribution in [2.45, 2.75) is 38.1 Å². The quantitative estimate of drug-likeness (QED) is 0.331. The first kappa shape index (κ1) is 21.0. The van der Waals surface area contributed by atoms with Gasteiger partial charge in [0.15, 0.2) is 5.96 Å². The van der Waals surface area contributed by atoms with Gasteiger partial charge in [0, 0.05) is 49.8 Å². The van der Waals surface area contributed by atoms with Crippen molar-refractivity contribution >= 4 is 40.8 Å². The number of nitrogens with zero attached hydrogens (tertiary/aromatic N) is 2. The molecule has 0 atom stereocenters. The second-order valence-corrected chi connectivity index (χ2v) is 6.95. The maximum absolute atomic E-state index is 4.33. The Morgan fingerprint density at radius 2 is 1.92 bits per heavy atom. The van der Waals surface area contributed by atoms with Gasteiger partial charge in [0.25, 0.3) is 0 Å². The standard InChI is InChI=1S/C20H31N5.HI/c1-21-20(23-13-14-25(2)17-7-3-4-8-17)22-12-11-16-15-24-19-10-6-5-9-18(16)19;/h5-6,9-10,15,17,24H,3-4,7-8,11-14H2,1-2H3,(H2,21,22,23);1H. The molecule has 3 rings (SSSR count). The summed E-state index contributed by atoms with van der Waals surface area (Å²) >= 11 is 0. The van der Waals surface area contributed by atoms with Gasteiger partial charge in [0.1, 0.15) is 0 Å². The first-order valence-corrected chi connectivity index (χ1v) is 9.47. The molecule has 1 aromatic heterocycles. The zero-order valence-corrected chi connectivity index (χ0v) is 18.3. The van der Waals surface area contributed by atoms with E-state index < -0.39 is 0 Å². The lowest BCUT2D eigenvalue weighted by molar-refractivity contribution is 0.249. The Hall–Kier alpha value is -1.28. The summed E-state index contributed by atoms with van der Waals surface area (Å²) in [4.78, 5) is 10.2. The molecule has 1 fully saturated rings. The lowest BCUT2D eigenvalue weighted by atomic mass is 10.1. The van der Waals surface area contributed by atoms with Crippen LogP contribution in [0.5, 0.6) is 0 Å². The summed E-state index contributed by atoms with van der Waals surface area (Å²) in [5.41, 5.74) is 2.55. The van der Waals surface area contributed by atoms with E-state index in [1.54, 1.807) is 0 Å². The molecule has 0 amide bonds. The summed E-state index contributed by atoms with van der Waals surface area (Å²) in [5.74, 6) is 0.889. The first-order valence-electron chi connectivity index (χ1n) is 9.47. The van der Waals surface area contributed by atoms with Crippen molar-refractivity contribution < 1.29 is 0 Å². The fourth-order valence-corrected chi connectivity index (χ4v) is 3.75. The molecule has 0 spiro atoms. The molecule has 0 aliphatic heterocycles. The lowest BCUT2D eigenvalue weighted by Gasteiger charge is -2.24. The van der Waals surface area contributed by atoms with Crippen LogP contribution in [0, 0.1) is 0 Å². The predicted molar refractivity (Wildman–Crippen MR) is 122 cm³/mol. The van der Waals surface area contributed by atoms with E-state index in [2.05, 4.69) is 63.0 Å². The average Bonchev–Trinajstić information content (AvgIpc) is 3.30. The Balaban J connectivity index is 0.00000243. The number of rotatable bonds is 7. The van der Waals surface area contributed by atoms with Crippen LogP contribution in [0.1, 0.15) is 31.2 Å². The normalized spacial score (nSPS) is 15.4. The molecular formula is C20H32IN5. The molecule has 1 aliphatic rings. The number of hydrogen-bond acceptors (Lipinski definition) is 2. The van der Waals surface area contributed by atoms with Gasteiger partial charge in [-0.1, -0.05) is 31.0 Å². The van der Waals surface area contributed by atoms with Gasteiger partial charge in [-0.05, 0) is 37.9 Å². The number of hydrogen-bond donors (Lipinski definition) is 3. The number of halogens is 1. The Kier molecular flexibility index (Phi) is 8.71. The highest BCUT2D eigenvalue weighted by Gasteiger charge is 2.18. The predicted octanol–water partition coefficient (Wildman–Crippen LogP) is 3.37. The lowest BCUT2D eigenvalue weighted by Crippen LogP contribution is -2.43. The van der Waals surface area contributed by atoms with Crippen molar-refractivity contribution in [2.24, 2.45) is 4.99 Å². The van der Waals surface area contributed by atoms with Crippen molar-refractivity contribution in [3.8, 4) is 0 Å². The van der Waals surface area contributed by atoms with Gasteiger partial charge < -0.3 is 20.5 Å². The summed E-state index contributed by atoms with van der Waals surface area (Å²) in [5, 5.41) is 8.16. The second-order valence-electron chi connectivity index (χ2n) is 6.95. The van der Waals surface area contributed by atoms with Crippen LogP contribution in [-0.2, 0) is 6.42 Å². The molecule has 0 unspecified atom stereocenters. The number of benzene rings is 1. The molecular weight excluding hydrogens is 437 g/mol. The third-order valence-corrected chi connectivity index (χ3v) is 5.29. The summed E-state index contributed by atoms with van der Waals surface area (Å²) in [6, 6.07) is 9.23. The van der Waals surface area contributed by atoms with E-state index in [0.29, 0.717) is 0 Å². The van der Waals surface area contributed by atoms with Crippen molar-refractivity contribution in [3.05, 3.63) is 36.0 Å². The fourth-order valence-electron chi connectivity index (χ4n) is 3.75. The molecule has 1 aromatic carbocycles. The van der Waals surface area contributed by atoms with Crippen molar-refractivity contribution in [3.63, 3.8) is 0 Å². The summed E-state index contributed by atoms with van der Waals surface area (Å²) in [6.45, 7) is 2.87. The van der Waals surface area contributed by atoms with Crippen LogP contribution in [0.2, 0.25) is 0 Å². The smallest absolute Gasteiger partial charge is 0.191 e. The van der Waals surface area contributed by atoms with Crippen molar-refractivity contribution in [1.82, 2.24) is 20.5 Å². The number of guanidine groups is 1. The average molecular weight is 469 g/mol. The molecule has 6 heteroatoms. The van der Waals surface area contributed by atoms with Crippen LogP contribution in [-0.4, -0.2) is 55.6 Å². The van der Waals surface area contributed by atoms with Gasteiger partial charge in [-0.15, -0.1) is 24.0 Å². The molecule has 5 nitrogen and oxygen atoms in total. The van der Waals surface area contributed by atoms with E-state index >= 15 is 0 Å². The van der Waals surface area contributed by atoms with E-state index in [1.165, 1.54) is 42.1 Å².